The first-order valence-electron chi connectivity index (χ1n) is 6.77. The molecule has 2 saturated heterocycles. The molecule has 2 aliphatic heterocycles. The van der Waals surface area contributed by atoms with E-state index in [0.717, 1.165) is 18.0 Å². The molecule has 3 heteroatoms. The number of piperidine rings is 1. The van der Waals surface area contributed by atoms with Gasteiger partial charge in [-0.1, -0.05) is 0 Å². The van der Waals surface area contributed by atoms with Crippen molar-refractivity contribution >= 4 is 0 Å². The molecule has 0 radical (unpaired) electrons. The number of hydrogen-bond donors (Lipinski definition) is 1. The van der Waals surface area contributed by atoms with Crippen LogP contribution in [0.15, 0.2) is 0 Å². The van der Waals surface area contributed by atoms with Crippen LogP contribution in [0, 0.1) is 5.92 Å². The highest BCUT2D eigenvalue weighted by atomic mass is 15.2. The normalized spacial score (nSPS) is 38.1. The van der Waals surface area contributed by atoms with Crippen molar-refractivity contribution < 1.29 is 0 Å². The van der Waals surface area contributed by atoms with Crippen LogP contribution in [0.2, 0.25) is 0 Å². The van der Waals surface area contributed by atoms with Gasteiger partial charge >= 0.3 is 0 Å². The Morgan fingerprint density at radius 2 is 2.00 bits per heavy atom. The van der Waals surface area contributed by atoms with Crippen LogP contribution >= 0.6 is 0 Å². The minimum Gasteiger partial charge on any atom is -0.314 e. The van der Waals surface area contributed by atoms with E-state index in [1.54, 1.807) is 0 Å². The zero-order chi connectivity index (χ0) is 11.5. The van der Waals surface area contributed by atoms with Gasteiger partial charge in [0.15, 0.2) is 0 Å². The molecule has 1 N–H and O–H groups in total. The summed E-state index contributed by atoms with van der Waals surface area (Å²) in [5.41, 5.74) is 0. The molecule has 94 valence electrons. The molecule has 3 atom stereocenters. The van der Waals surface area contributed by atoms with Gasteiger partial charge in [-0.15, -0.1) is 0 Å². The SMILES string of the molecule is CC1CC(NCC2CCN(C)C2)CCN1C. The molecule has 2 fully saturated rings. The second-order valence-electron chi connectivity index (χ2n) is 5.88. The third-order valence-electron chi connectivity index (χ3n) is 4.39. The molecular formula is C13H27N3. The van der Waals surface area contributed by atoms with E-state index in [9.17, 15) is 0 Å². The average Bonchev–Trinajstić information content (AvgIpc) is 2.66. The fourth-order valence-corrected chi connectivity index (χ4v) is 3.00. The maximum Gasteiger partial charge on any atom is 0.00941 e. The average molecular weight is 225 g/mol. The van der Waals surface area contributed by atoms with Gasteiger partial charge in [-0.3, -0.25) is 0 Å². The Morgan fingerprint density at radius 1 is 1.19 bits per heavy atom. The Kier molecular flexibility index (Phi) is 4.22. The van der Waals surface area contributed by atoms with Crippen LogP contribution in [0.4, 0.5) is 0 Å². The van der Waals surface area contributed by atoms with Crippen LogP contribution in [0.25, 0.3) is 0 Å². The van der Waals surface area contributed by atoms with E-state index in [0.29, 0.717) is 0 Å². The van der Waals surface area contributed by atoms with Crippen LogP contribution in [-0.2, 0) is 0 Å². The number of hydrogen-bond acceptors (Lipinski definition) is 3. The second-order valence-corrected chi connectivity index (χ2v) is 5.88. The maximum atomic E-state index is 3.78. The lowest BCUT2D eigenvalue weighted by Crippen LogP contribution is -2.46. The summed E-state index contributed by atoms with van der Waals surface area (Å²) in [4.78, 5) is 4.92. The van der Waals surface area contributed by atoms with Crippen LogP contribution in [0.1, 0.15) is 26.2 Å². The van der Waals surface area contributed by atoms with Crippen molar-refractivity contribution in [1.29, 1.82) is 0 Å². The Morgan fingerprint density at radius 3 is 2.62 bits per heavy atom. The van der Waals surface area contributed by atoms with Crippen molar-refractivity contribution in [3.8, 4) is 0 Å². The van der Waals surface area contributed by atoms with Gasteiger partial charge in [0.05, 0.1) is 0 Å². The topological polar surface area (TPSA) is 18.5 Å². The predicted molar refractivity (Wildman–Crippen MR) is 68.7 cm³/mol. The Bertz CT molecular complexity index is 219. The molecule has 16 heavy (non-hydrogen) atoms. The maximum absolute atomic E-state index is 3.78. The number of rotatable bonds is 3. The molecule has 0 bridgehead atoms. The lowest BCUT2D eigenvalue weighted by atomic mass is 9.98. The largest absolute Gasteiger partial charge is 0.314 e. The fraction of sp³-hybridized carbons (Fsp3) is 1.00. The molecule has 2 aliphatic rings. The van der Waals surface area contributed by atoms with Crippen LogP contribution < -0.4 is 5.32 Å². The van der Waals surface area contributed by atoms with Gasteiger partial charge in [-0.25, -0.2) is 0 Å². The third kappa shape index (κ3) is 3.19. The van der Waals surface area contributed by atoms with Crippen molar-refractivity contribution in [1.82, 2.24) is 15.1 Å². The summed E-state index contributed by atoms with van der Waals surface area (Å²) in [5, 5.41) is 3.78. The quantitative estimate of drug-likeness (QED) is 0.773. The Hall–Kier alpha value is -0.120. The Labute approximate surface area is 100 Å². The lowest BCUT2D eigenvalue weighted by Gasteiger charge is -2.35. The molecular weight excluding hydrogens is 198 g/mol. The van der Waals surface area contributed by atoms with E-state index in [2.05, 4.69) is 36.1 Å². The highest BCUT2D eigenvalue weighted by Gasteiger charge is 2.24. The first-order valence-corrected chi connectivity index (χ1v) is 6.77. The van der Waals surface area contributed by atoms with Gasteiger partial charge in [0.1, 0.15) is 0 Å². The molecule has 2 heterocycles. The summed E-state index contributed by atoms with van der Waals surface area (Å²) in [6.07, 6.45) is 4.02. The standard InChI is InChI=1S/C13H27N3/c1-11-8-13(5-7-16(11)3)14-9-12-4-6-15(2)10-12/h11-14H,4-10H2,1-3H3. The second kappa shape index (κ2) is 5.48. The molecule has 0 saturated carbocycles. The van der Waals surface area contributed by atoms with Crippen molar-refractivity contribution in [3.63, 3.8) is 0 Å². The van der Waals surface area contributed by atoms with E-state index in [-0.39, 0.29) is 0 Å². The summed E-state index contributed by atoms with van der Waals surface area (Å²) in [5.74, 6) is 0.889. The van der Waals surface area contributed by atoms with Gasteiger partial charge in [0, 0.05) is 18.6 Å². The molecule has 0 aromatic heterocycles. The van der Waals surface area contributed by atoms with Gasteiger partial charge in [0.2, 0.25) is 0 Å². The zero-order valence-corrected chi connectivity index (χ0v) is 11.1. The first-order chi connectivity index (χ1) is 7.65. The molecule has 0 spiro atoms. The molecule has 0 amide bonds. The summed E-state index contributed by atoms with van der Waals surface area (Å²) in [7, 11) is 4.48. The third-order valence-corrected chi connectivity index (χ3v) is 4.39. The minimum atomic E-state index is 0.748. The van der Waals surface area contributed by atoms with E-state index >= 15 is 0 Å². The molecule has 3 unspecified atom stereocenters. The van der Waals surface area contributed by atoms with E-state index in [1.165, 1.54) is 45.4 Å². The smallest absolute Gasteiger partial charge is 0.00941 e. The number of likely N-dealkylation sites (tertiary alicyclic amines) is 2. The molecule has 0 aromatic carbocycles. The molecule has 2 rings (SSSR count). The van der Waals surface area contributed by atoms with Crippen LogP contribution in [-0.4, -0.2) is 62.2 Å². The summed E-state index contributed by atoms with van der Waals surface area (Å²) in [6, 6.07) is 1.51. The molecule has 0 aromatic rings. The summed E-state index contributed by atoms with van der Waals surface area (Å²) < 4.78 is 0. The molecule has 0 aliphatic carbocycles. The highest BCUT2D eigenvalue weighted by Crippen LogP contribution is 2.17. The van der Waals surface area contributed by atoms with Gasteiger partial charge in [0.25, 0.3) is 0 Å². The predicted octanol–water partition coefficient (Wildman–Crippen LogP) is 1.01. The molecule has 3 nitrogen and oxygen atoms in total. The minimum absolute atomic E-state index is 0.748. The van der Waals surface area contributed by atoms with Crippen molar-refractivity contribution in [2.75, 3.05) is 40.3 Å². The Balaban J connectivity index is 1.66. The fourth-order valence-electron chi connectivity index (χ4n) is 3.00. The number of nitrogens with one attached hydrogen (secondary N) is 1. The van der Waals surface area contributed by atoms with Crippen LogP contribution in [0.3, 0.4) is 0 Å². The van der Waals surface area contributed by atoms with Crippen molar-refractivity contribution in [2.45, 2.75) is 38.3 Å². The van der Waals surface area contributed by atoms with Gasteiger partial charge in [-0.2, -0.15) is 0 Å². The van der Waals surface area contributed by atoms with Gasteiger partial charge < -0.3 is 15.1 Å². The summed E-state index contributed by atoms with van der Waals surface area (Å²) in [6.45, 7) is 7.40. The lowest BCUT2D eigenvalue weighted by molar-refractivity contribution is 0.166. The van der Waals surface area contributed by atoms with E-state index in [1.807, 2.05) is 0 Å². The number of nitrogens with zero attached hydrogens (tertiary/aromatic N) is 2. The van der Waals surface area contributed by atoms with E-state index in [4.69, 9.17) is 0 Å². The monoisotopic (exact) mass is 225 g/mol. The van der Waals surface area contributed by atoms with Gasteiger partial charge in [-0.05, 0) is 65.8 Å². The van der Waals surface area contributed by atoms with E-state index < -0.39 is 0 Å². The van der Waals surface area contributed by atoms with Crippen LogP contribution in [0.5, 0.6) is 0 Å². The highest BCUT2D eigenvalue weighted by molar-refractivity contribution is 4.83. The first kappa shape index (κ1) is 12.3. The zero-order valence-electron chi connectivity index (χ0n) is 11.1. The van der Waals surface area contributed by atoms with Crippen molar-refractivity contribution in [3.05, 3.63) is 0 Å². The van der Waals surface area contributed by atoms with Crippen molar-refractivity contribution in [2.24, 2.45) is 5.92 Å². The summed E-state index contributed by atoms with van der Waals surface area (Å²) >= 11 is 0.